The molecule has 0 bridgehead atoms. The van der Waals surface area contributed by atoms with Crippen LogP contribution < -0.4 is 4.74 Å². The smallest absolute Gasteiger partial charge is 0.335 e. The zero-order chi connectivity index (χ0) is 15.6. The molecule has 0 unspecified atom stereocenters. The molecule has 0 aliphatic carbocycles. The van der Waals surface area contributed by atoms with Crippen molar-refractivity contribution in [1.29, 1.82) is 0 Å². The molecule has 5 heteroatoms. The Labute approximate surface area is 140 Å². The largest absolute Gasteiger partial charge is 0.487 e. The minimum Gasteiger partial charge on any atom is -0.487 e. The van der Waals surface area contributed by atoms with Gasteiger partial charge in [-0.05, 0) is 69.0 Å². The second-order valence-electron chi connectivity index (χ2n) is 4.79. The number of hydrogen-bond donors (Lipinski definition) is 1. The molecule has 3 nitrogen and oxygen atoms in total. The van der Waals surface area contributed by atoms with Crippen LogP contribution in [0.5, 0.6) is 5.75 Å². The average Bonchev–Trinajstić information content (AvgIpc) is 2.41. The molecule has 0 spiro atoms. The minimum atomic E-state index is -0.975. The van der Waals surface area contributed by atoms with Crippen LogP contribution in [0, 0.1) is 13.8 Å². The van der Waals surface area contributed by atoms with Gasteiger partial charge in [0, 0.05) is 0 Å². The molecule has 21 heavy (non-hydrogen) atoms. The van der Waals surface area contributed by atoms with Gasteiger partial charge in [0.25, 0.3) is 0 Å². The number of ether oxygens (including phenoxy) is 1. The number of aryl methyl sites for hydroxylation is 2. The van der Waals surface area contributed by atoms with Gasteiger partial charge in [-0.15, -0.1) is 0 Å². The summed E-state index contributed by atoms with van der Waals surface area (Å²) < 4.78 is 7.06. The molecule has 0 amide bonds. The maximum Gasteiger partial charge on any atom is 0.335 e. The summed E-state index contributed by atoms with van der Waals surface area (Å²) in [5.41, 5.74) is 3.65. The van der Waals surface area contributed by atoms with Crippen LogP contribution in [0.2, 0.25) is 0 Å². The summed E-state index contributed by atoms with van der Waals surface area (Å²) in [5.74, 6) is -0.376. The predicted octanol–water partition coefficient (Wildman–Crippen LogP) is 5.11. The van der Waals surface area contributed by atoms with Crippen LogP contribution in [-0.4, -0.2) is 11.1 Å². The Morgan fingerprint density at radius 1 is 1.14 bits per heavy atom. The lowest BCUT2D eigenvalue weighted by molar-refractivity contribution is 0.0696. The number of carboxylic acids is 1. The third kappa shape index (κ3) is 3.86. The highest BCUT2D eigenvalue weighted by atomic mass is 79.9. The summed E-state index contributed by atoms with van der Waals surface area (Å²) in [7, 11) is 0. The first-order valence-electron chi connectivity index (χ1n) is 6.29. The topological polar surface area (TPSA) is 46.5 Å². The number of carbonyl (C=O) groups is 1. The van der Waals surface area contributed by atoms with E-state index in [2.05, 4.69) is 50.1 Å². The Bertz CT molecular complexity index is 673. The second kappa shape index (κ2) is 6.62. The first kappa shape index (κ1) is 16.0. The van der Waals surface area contributed by atoms with Crippen molar-refractivity contribution in [1.82, 2.24) is 0 Å². The highest BCUT2D eigenvalue weighted by Crippen LogP contribution is 2.35. The lowest BCUT2D eigenvalue weighted by Crippen LogP contribution is -2.02. The molecule has 0 atom stereocenters. The third-order valence-electron chi connectivity index (χ3n) is 3.12. The van der Waals surface area contributed by atoms with E-state index in [1.807, 2.05) is 13.8 Å². The Morgan fingerprint density at radius 2 is 1.76 bits per heavy atom. The monoisotopic (exact) mass is 412 g/mol. The van der Waals surface area contributed by atoms with Gasteiger partial charge in [0.15, 0.2) is 0 Å². The molecule has 1 N–H and O–H groups in total. The molecule has 2 aromatic rings. The fraction of sp³-hybridized carbons (Fsp3) is 0.188. The van der Waals surface area contributed by atoms with Gasteiger partial charge in [-0.1, -0.05) is 23.8 Å². The molecule has 0 heterocycles. The Kier molecular flexibility index (Phi) is 5.06. The Morgan fingerprint density at radius 3 is 2.33 bits per heavy atom. The molecule has 2 aromatic carbocycles. The maximum absolute atomic E-state index is 11.0. The molecule has 0 aromatic heterocycles. The van der Waals surface area contributed by atoms with E-state index in [1.54, 1.807) is 0 Å². The van der Waals surface area contributed by atoms with E-state index in [1.165, 1.54) is 17.7 Å². The van der Waals surface area contributed by atoms with Crippen molar-refractivity contribution < 1.29 is 14.6 Å². The zero-order valence-electron chi connectivity index (χ0n) is 11.6. The van der Waals surface area contributed by atoms with Gasteiger partial charge in [0.2, 0.25) is 0 Å². The lowest BCUT2D eigenvalue weighted by atomic mass is 10.1. The van der Waals surface area contributed by atoms with Crippen LogP contribution in [0.4, 0.5) is 0 Å². The predicted molar refractivity (Wildman–Crippen MR) is 89.0 cm³/mol. The molecule has 0 saturated heterocycles. The van der Waals surface area contributed by atoms with Crippen LogP contribution in [-0.2, 0) is 6.61 Å². The molecule has 0 saturated carbocycles. The number of hydrogen-bond acceptors (Lipinski definition) is 2. The molecular formula is C16H14Br2O3. The van der Waals surface area contributed by atoms with Gasteiger partial charge in [0.05, 0.1) is 14.5 Å². The zero-order valence-corrected chi connectivity index (χ0v) is 14.8. The van der Waals surface area contributed by atoms with Gasteiger partial charge < -0.3 is 9.84 Å². The molecule has 0 radical (unpaired) electrons. The number of carboxylic acid groups (broad SMARTS) is 1. The van der Waals surface area contributed by atoms with Crippen LogP contribution in [0.1, 0.15) is 27.0 Å². The Balaban J connectivity index is 2.24. The standard InChI is InChI=1S/C16H14Br2O3/c1-9-3-4-10(2)12(5-9)8-21-15-13(17)6-11(16(19)20)7-14(15)18/h3-7H,8H2,1-2H3,(H,19,20). The first-order chi connectivity index (χ1) is 9.88. The summed E-state index contributed by atoms with van der Waals surface area (Å²) in [6, 6.07) is 9.28. The van der Waals surface area contributed by atoms with Gasteiger partial charge >= 0.3 is 5.97 Å². The quantitative estimate of drug-likeness (QED) is 0.757. The molecular weight excluding hydrogens is 400 g/mol. The lowest BCUT2D eigenvalue weighted by Gasteiger charge is -2.13. The SMILES string of the molecule is Cc1ccc(C)c(COc2c(Br)cc(C(=O)O)cc2Br)c1. The fourth-order valence-corrected chi connectivity index (χ4v) is 3.34. The van der Waals surface area contributed by atoms with Crippen molar-refractivity contribution in [2.75, 3.05) is 0 Å². The fourth-order valence-electron chi connectivity index (χ4n) is 1.93. The van der Waals surface area contributed by atoms with Crippen LogP contribution in [0.15, 0.2) is 39.3 Å². The van der Waals surface area contributed by atoms with Gasteiger partial charge in [-0.3, -0.25) is 0 Å². The van der Waals surface area contributed by atoms with Crippen LogP contribution in [0.3, 0.4) is 0 Å². The second-order valence-corrected chi connectivity index (χ2v) is 6.50. The average molecular weight is 414 g/mol. The van der Waals surface area contributed by atoms with Crippen LogP contribution >= 0.6 is 31.9 Å². The van der Waals surface area contributed by atoms with Crippen molar-refractivity contribution in [2.45, 2.75) is 20.5 Å². The van der Waals surface area contributed by atoms with Gasteiger partial charge in [-0.2, -0.15) is 0 Å². The normalized spacial score (nSPS) is 10.5. The highest BCUT2D eigenvalue weighted by molar-refractivity contribution is 9.11. The van der Waals surface area contributed by atoms with E-state index in [0.29, 0.717) is 21.3 Å². The summed E-state index contributed by atoms with van der Waals surface area (Å²) in [6.45, 7) is 4.50. The number of halogens is 2. The number of aromatic carboxylic acids is 1. The van der Waals surface area contributed by atoms with E-state index < -0.39 is 5.97 Å². The van der Waals surface area contributed by atoms with E-state index in [0.717, 1.165) is 11.1 Å². The van der Waals surface area contributed by atoms with Gasteiger partial charge in [0.1, 0.15) is 12.4 Å². The van der Waals surface area contributed by atoms with E-state index >= 15 is 0 Å². The van der Waals surface area contributed by atoms with Gasteiger partial charge in [-0.25, -0.2) is 4.79 Å². The summed E-state index contributed by atoms with van der Waals surface area (Å²) in [6.07, 6.45) is 0. The molecule has 2 rings (SSSR count). The molecule has 0 fully saturated rings. The third-order valence-corrected chi connectivity index (χ3v) is 4.30. The van der Waals surface area contributed by atoms with E-state index in [-0.39, 0.29) is 5.56 Å². The number of rotatable bonds is 4. The van der Waals surface area contributed by atoms with Crippen LogP contribution in [0.25, 0.3) is 0 Å². The van der Waals surface area contributed by atoms with Crippen molar-refractivity contribution in [2.24, 2.45) is 0 Å². The molecule has 0 aliphatic heterocycles. The van der Waals surface area contributed by atoms with Crippen molar-refractivity contribution in [3.05, 3.63) is 61.5 Å². The summed E-state index contributed by atoms with van der Waals surface area (Å²) >= 11 is 6.71. The van der Waals surface area contributed by atoms with E-state index in [9.17, 15) is 4.79 Å². The van der Waals surface area contributed by atoms with Crippen molar-refractivity contribution >= 4 is 37.8 Å². The van der Waals surface area contributed by atoms with E-state index in [4.69, 9.17) is 9.84 Å². The first-order valence-corrected chi connectivity index (χ1v) is 7.88. The summed E-state index contributed by atoms with van der Waals surface area (Å²) in [5, 5.41) is 9.02. The molecule has 0 aliphatic rings. The number of benzene rings is 2. The summed E-state index contributed by atoms with van der Waals surface area (Å²) in [4.78, 5) is 11.0. The highest BCUT2D eigenvalue weighted by Gasteiger charge is 2.13. The minimum absolute atomic E-state index is 0.202. The Hall–Kier alpha value is -1.33. The van der Waals surface area contributed by atoms with Crippen molar-refractivity contribution in [3.63, 3.8) is 0 Å². The van der Waals surface area contributed by atoms with Crippen molar-refractivity contribution in [3.8, 4) is 5.75 Å². The molecule has 110 valence electrons. The maximum atomic E-state index is 11.0.